The van der Waals surface area contributed by atoms with Crippen LogP contribution in [0.4, 0.5) is 0 Å². The van der Waals surface area contributed by atoms with Crippen molar-refractivity contribution in [3.05, 3.63) is 89.1 Å². The lowest BCUT2D eigenvalue weighted by Gasteiger charge is -2.32. The lowest BCUT2D eigenvalue weighted by Crippen LogP contribution is -2.35. The number of benzene rings is 1. The van der Waals surface area contributed by atoms with Crippen LogP contribution in [0.1, 0.15) is 58.3 Å². The summed E-state index contributed by atoms with van der Waals surface area (Å²) < 4.78 is 15.9. The number of hydrogen-bond acceptors (Lipinski definition) is 7. The Morgan fingerprint density at radius 1 is 1.05 bits per heavy atom. The first-order valence-electron chi connectivity index (χ1n) is 14.6. The van der Waals surface area contributed by atoms with Crippen LogP contribution in [0.15, 0.2) is 60.8 Å². The first kappa shape index (κ1) is 26.6. The highest BCUT2D eigenvalue weighted by atomic mass is 16.5. The fourth-order valence-corrected chi connectivity index (χ4v) is 6.06. The van der Waals surface area contributed by atoms with Crippen molar-refractivity contribution in [1.29, 1.82) is 0 Å². The minimum Gasteiger partial charge on any atom is -0.478 e. The van der Waals surface area contributed by atoms with Crippen LogP contribution in [-0.4, -0.2) is 65.9 Å². The van der Waals surface area contributed by atoms with Crippen LogP contribution in [0.2, 0.25) is 0 Å². The van der Waals surface area contributed by atoms with Gasteiger partial charge in [0, 0.05) is 36.0 Å². The van der Waals surface area contributed by atoms with Gasteiger partial charge in [-0.2, -0.15) is 5.10 Å². The summed E-state index contributed by atoms with van der Waals surface area (Å²) in [4.78, 5) is 23.8. The van der Waals surface area contributed by atoms with Gasteiger partial charge in [0.1, 0.15) is 12.4 Å². The van der Waals surface area contributed by atoms with Crippen molar-refractivity contribution < 1.29 is 19.4 Å². The second-order valence-corrected chi connectivity index (χ2v) is 11.3. The third kappa shape index (κ3) is 5.35. The van der Waals surface area contributed by atoms with E-state index in [-0.39, 0.29) is 11.7 Å². The molecule has 10 heteroatoms. The first-order chi connectivity index (χ1) is 20.5. The maximum atomic E-state index is 11.6. The second kappa shape index (κ2) is 11.2. The van der Waals surface area contributed by atoms with Crippen LogP contribution in [0.25, 0.3) is 16.6 Å². The Morgan fingerprint density at radius 3 is 2.69 bits per heavy atom. The first-order valence-corrected chi connectivity index (χ1v) is 14.6. The van der Waals surface area contributed by atoms with E-state index in [1.807, 2.05) is 41.9 Å². The van der Waals surface area contributed by atoms with Crippen LogP contribution in [0, 0.1) is 6.92 Å². The number of piperidine rings is 1. The fourth-order valence-electron chi connectivity index (χ4n) is 6.06. The number of ether oxygens (including phenoxy) is 2. The smallest absolute Gasteiger partial charge is 0.335 e. The van der Waals surface area contributed by atoms with Gasteiger partial charge in [0.25, 0.3) is 0 Å². The zero-order valence-corrected chi connectivity index (χ0v) is 23.6. The van der Waals surface area contributed by atoms with Gasteiger partial charge in [-0.15, -0.1) is 0 Å². The number of nitrogens with zero attached hydrogens (tertiary/aromatic N) is 6. The van der Waals surface area contributed by atoms with Gasteiger partial charge in [-0.1, -0.05) is 12.1 Å². The summed E-state index contributed by atoms with van der Waals surface area (Å²) >= 11 is 0. The normalized spacial score (nSPS) is 18.0. The van der Waals surface area contributed by atoms with Crippen molar-refractivity contribution in [3.8, 4) is 5.88 Å². The van der Waals surface area contributed by atoms with Crippen LogP contribution in [0.5, 0.6) is 5.88 Å². The number of imidazole rings is 1. The zero-order chi connectivity index (χ0) is 28.6. The Labute approximate surface area is 243 Å². The summed E-state index contributed by atoms with van der Waals surface area (Å²) in [5, 5.41) is 14.0. The van der Waals surface area contributed by atoms with E-state index >= 15 is 0 Å². The molecule has 2 fully saturated rings. The van der Waals surface area contributed by atoms with E-state index in [1.54, 1.807) is 12.1 Å². The lowest BCUT2D eigenvalue weighted by atomic mass is 9.93. The zero-order valence-electron chi connectivity index (χ0n) is 23.6. The molecule has 1 atom stereocenters. The van der Waals surface area contributed by atoms with Gasteiger partial charge in [-0.3, -0.25) is 4.90 Å². The van der Waals surface area contributed by atoms with Crippen molar-refractivity contribution in [3.63, 3.8) is 0 Å². The molecule has 4 aromatic heterocycles. The molecule has 2 aliphatic rings. The van der Waals surface area contributed by atoms with E-state index < -0.39 is 5.97 Å². The molecule has 6 heterocycles. The molecule has 1 aromatic carbocycles. The van der Waals surface area contributed by atoms with E-state index in [2.05, 4.69) is 32.8 Å². The molecule has 1 N–H and O–H groups in total. The number of aryl methyl sites for hydroxylation is 1. The van der Waals surface area contributed by atoms with Gasteiger partial charge in [0.05, 0.1) is 47.0 Å². The predicted molar refractivity (Wildman–Crippen MR) is 157 cm³/mol. The van der Waals surface area contributed by atoms with Gasteiger partial charge in [0.15, 0.2) is 0 Å². The van der Waals surface area contributed by atoms with Gasteiger partial charge in [0.2, 0.25) is 5.88 Å². The number of aromatic carboxylic acids is 1. The Bertz CT molecular complexity index is 1750. The van der Waals surface area contributed by atoms with Gasteiger partial charge < -0.3 is 19.1 Å². The highest BCUT2D eigenvalue weighted by Crippen LogP contribution is 2.30. The lowest BCUT2D eigenvalue weighted by molar-refractivity contribution is -0.0592. The van der Waals surface area contributed by atoms with Crippen LogP contribution < -0.4 is 4.74 Å². The molecule has 5 aromatic rings. The van der Waals surface area contributed by atoms with Crippen molar-refractivity contribution >= 4 is 22.5 Å². The molecule has 0 aliphatic carbocycles. The van der Waals surface area contributed by atoms with Crippen molar-refractivity contribution in [2.24, 2.45) is 0 Å². The standard InChI is InChI=1S/C32H34N6O4/c1-21-16-28-24(4-3-12-38(28)35-21)20-42-31-6-2-5-26(34-31)22-9-13-36(14-10-22)19-30-33-27-8-7-23(32(39)40)17-29(27)37(30)18-25-11-15-41-25/h2-8,12,16-17,22,25H,9-11,13-15,18-20H2,1H3,(H,39,40). The van der Waals surface area contributed by atoms with E-state index in [1.165, 1.54) is 0 Å². The summed E-state index contributed by atoms with van der Waals surface area (Å²) in [6.07, 6.45) is 5.11. The molecule has 0 saturated carbocycles. The van der Waals surface area contributed by atoms with E-state index in [9.17, 15) is 9.90 Å². The molecule has 2 aliphatic heterocycles. The van der Waals surface area contributed by atoms with Gasteiger partial charge >= 0.3 is 5.97 Å². The SMILES string of the molecule is Cc1cc2c(COc3cccc(C4CCN(Cc5nc6ccc(C(=O)O)cc6n5CC5CCO5)CC4)n3)cccn2n1. The average molecular weight is 567 g/mol. The van der Waals surface area contributed by atoms with Gasteiger partial charge in [-0.25, -0.2) is 19.3 Å². The monoisotopic (exact) mass is 566 g/mol. The number of aromatic nitrogens is 5. The maximum Gasteiger partial charge on any atom is 0.335 e. The third-order valence-electron chi connectivity index (χ3n) is 8.46. The molecule has 7 rings (SSSR count). The number of carboxylic acids is 1. The number of fused-ring (bicyclic) bond motifs is 2. The molecule has 2 saturated heterocycles. The summed E-state index contributed by atoms with van der Waals surface area (Å²) in [7, 11) is 0. The van der Waals surface area contributed by atoms with E-state index in [4.69, 9.17) is 19.4 Å². The van der Waals surface area contributed by atoms with Crippen molar-refractivity contribution in [2.45, 2.75) is 57.9 Å². The third-order valence-corrected chi connectivity index (χ3v) is 8.46. The Balaban J connectivity index is 1.01. The van der Waals surface area contributed by atoms with Crippen LogP contribution in [0.3, 0.4) is 0 Å². The van der Waals surface area contributed by atoms with Crippen LogP contribution >= 0.6 is 0 Å². The maximum absolute atomic E-state index is 11.6. The minimum atomic E-state index is -0.929. The summed E-state index contributed by atoms with van der Waals surface area (Å²) in [5.41, 5.74) is 6.13. The fraction of sp³-hybridized carbons (Fsp3) is 0.375. The summed E-state index contributed by atoms with van der Waals surface area (Å²) in [6, 6.07) is 17.3. The van der Waals surface area contributed by atoms with E-state index in [0.717, 1.165) is 78.3 Å². The molecule has 0 bridgehead atoms. The molecule has 216 valence electrons. The topological polar surface area (TPSA) is 107 Å². The number of likely N-dealkylation sites (tertiary alicyclic amines) is 1. The average Bonchev–Trinajstić information content (AvgIpc) is 3.53. The number of carbonyl (C=O) groups is 1. The number of carboxylic acid groups (broad SMARTS) is 1. The highest BCUT2D eigenvalue weighted by Gasteiger charge is 2.26. The Morgan fingerprint density at radius 2 is 1.90 bits per heavy atom. The Hall–Kier alpha value is -4.28. The van der Waals surface area contributed by atoms with E-state index in [0.29, 0.717) is 31.5 Å². The minimum absolute atomic E-state index is 0.151. The molecule has 1 unspecified atom stereocenters. The molecule has 10 nitrogen and oxygen atoms in total. The second-order valence-electron chi connectivity index (χ2n) is 11.3. The molecular weight excluding hydrogens is 532 g/mol. The quantitative estimate of drug-likeness (QED) is 0.270. The number of hydrogen-bond donors (Lipinski definition) is 1. The Kier molecular flexibility index (Phi) is 7.09. The molecule has 42 heavy (non-hydrogen) atoms. The summed E-state index contributed by atoms with van der Waals surface area (Å²) in [6.45, 7) is 6.48. The highest BCUT2D eigenvalue weighted by molar-refractivity contribution is 5.92. The summed E-state index contributed by atoms with van der Waals surface area (Å²) in [5.74, 6) is 1.03. The largest absolute Gasteiger partial charge is 0.478 e. The van der Waals surface area contributed by atoms with Crippen molar-refractivity contribution in [2.75, 3.05) is 19.7 Å². The molecule has 0 radical (unpaired) electrons. The molecule has 0 amide bonds. The van der Waals surface area contributed by atoms with Crippen LogP contribution in [-0.2, 0) is 24.4 Å². The predicted octanol–water partition coefficient (Wildman–Crippen LogP) is 4.83. The molecular formula is C32H34N6O4. The molecule has 0 spiro atoms. The van der Waals surface area contributed by atoms with Crippen molar-refractivity contribution in [1.82, 2.24) is 29.0 Å². The number of rotatable bonds is 9. The number of pyridine rings is 2. The van der Waals surface area contributed by atoms with Gasteiger partial charge in [-0.05, 0) is 75.7 Å².